The molecule has 4 aromatic rings. The Morgan fingerprint density at radius 3 is 0.684 bits per heavy atom. The van der Waals surface area contributed by atoms with Crippen molar-refractivity contribution in [3.63, 3.8) is 0 Å². The second-order valence-corrected chi connectivity index (χ2v) is 18.0. The van der Waals surface area contributed by atoms with Gasteiger partial charge in [-0.1, -0.05) is 137 Å². The van der Waals surface area contributed by atoms with Gasteiger partial charge >= 0.3 is 17.1 Å². The van der Waals surface area contributed by atoms with E-state index in [1.54, 1.807) is 0 Å². The maximum absolute atomic E-state index is 2.31. The Balaban J connectivity index is 0.000000157. The molecule has 6 fully saturated rings. The maximum atomic E-state index is 2.31. The van der Waals surface area contributed by atoms with E-state index in [4.69, 9.17) is 0 Å². The van der Waals surface area contributed by atoms with Crippen LogP contribution in [0.25, 0.3) is 0 Å². The summed E-state index contributed by atoms with van der Waals surface area (Å²) in [7, 11) is -1.25. The first kappa shape index (κ1) is 42.0. The van der Waals surface area contributed by atoms with Gasteiger partial charge in [-0.15, -0.1) is 0 Å². The van der Waals surface area contributed by atoms with Crippen LogP contribution >= 0.6 is 15.8 Å². The molecule has 0 unspecified atom stereocenters. The van der Waals surface area contributed by atoms with Crippen molar-refractivity contribution in [1.29, 1.82) is 0 Å². The summed E-state index contributed by atoms with van der Waals surface area (Å²) in [6.45, 7) is 0. The Morgan fingerprint density at radius 2 is 0.456 bits per heavy atom. The van der Waals surface area contributed by atoms with Gasteiger partial charge in [-0.05, 0) is 151 Å². The molecule has 0 nitrogen and oxygen atoms in total. The van der Waals surface area contributed by atoms with Crippen LogP contribution in [0.15, 0.2) is 121 Å². The number of benzene rings is 4. The molecule has 0 aliphatic heterocycles. The second-order valence-electron chi connectivity index (χ2n) is 13.7. The van der Waals surface area contributed by atoms with E-state index in [0.717, 1.165) is 0 Å². The van der Waals surface area contributed by atoms with Crippen LogP contribution in [0, 0.1) is 186 Å². The molecule has 10 rings (SSSR count). The Morgan fingerprint density at radius 1 is 0.228 bits per heavy atom. The van der Waals surface area contributed by atoms with Gasteiger partial charge in [-0.25, -0.2) is 0 Å². The zero-order chi connectivity index (χ0) is 37.5. The van der Waals surface area contributed by atoms with Crippen LogP contribution in [0.4, 0.5) is 0 Å². The quantitative estimate of drug-likeness (QED) is 0.111. The zero-order valence-electron chi connectivity index (χ0n) is 31.3. The van der Waals surface area contributed by atoms with Gasteiger partial charge in [0.05, 0.1) is 0 Å². The molecule has 6 aliphatic carbocycles. The number of rotatable bonds is 10. The summed E-state index contributed by atoms with van der Waals surface area (Å²) >= 11 is 0. The van der Waals surface area contributed by atoms with Crippen LogP contribution in [0.1, 0.15) is 22.3 Å². The van der Waals surface area contributed by atoms with Crippen LogP contribution < -0.4 is 0 Å². The molecule has 0 N–H and O–H groups in total. The Hall–Kier alpha value is -1.74. The molecule has 6 saturated carbocycles. The molecule has 4 aromatic carbocycles. The van der Waals surface area contributed by atoms with Crippen LogP contribution in [-0.2, 0) is 17.1 Å². The molecule has 272 valence electrons. The predicted molar refractivity (Wildman–Crippen MR) is 234 cm³/mol. The van der Waals surface area contributed by atoms with Crippen molar-refractivity contribution in [2.24, 2.45) is 0 Å². The second kappa shape index (κ2) is 20.7. The third kappa shape index (κ3) is 9.60. The van der Waals surface area contributed by atoms with Crippen molar-refractivity contribution in [2.75, 3.05) is 0 Å². The van der Waals surface area contributed by atoms with Crippen molar-refractivity contribution >= 4 is 15.8 Å². The fraction of sp³-hybridized carbons (Fsp3) is 0. The Kier molecular flexibility index (Phi) is 15.2. The molecule has 57 heavy (non-hydrogen) atoms. The topological polar surface area (TPSA) is 0 Å². The average Bonchev–Trinajstić information content (AvgIpc) is 4.13. The SMILES string of the molecule is [CH]1[CH][CH][C](P([C]2[CH][CH][CH][C]2c2ccccc2)[C]2[CH][CH][CH][C]2c2ccccc2)[CH]1.[CH]1[CH][CH][C](P([C]2[CH][CH][CH][C]2c2ccccc2)[C]2[CH][CH][CH][C]2c2ccccc2)[CH]1.[Fe+2]. The van der Waals surface area contributed by atoms with Crippen molar-refractivity contribution in [3.8, 4) is 0 Å². The fourth-order valence-electron chi connectivity index (χ4n) is 7.71. The molecule has 0 amide bonds. The fourth-order valence-corrected chi connectivity index (χ4v) is 13.0. The van der Waals surface area contributed by atoms with Gasteiger partial charge < -0.3 is 0 Å². The van der Waals surface area contributed by atoms with E-state index in [-0.39, 0.29) is 17.1 Å². The van der Waals surface area contributed by atoms with Gasteiger partial charge in [0.15, 0.2) is 0 Å². The van der Waals surface area contributed by atoms with E-state index in [0.29, 0.717) is 0 Å². The molecule has 0 spiro atoms. The summed E-state index contributed by atoms with van der Waals surface area (Å²) in [4.78, 5) is 0. The standard InChI is InChI=1S/2C27H20P.Fe/c2*1-3-11-21(12-4-1)24-17-9-19-26(24)28(23-15-7-8-16-23)27-20-10-18-25(27)22-13-5-2-6-14-22;/h2*1-20H;/q;;+2. The van der Waals surface area contributed by atoms with Crippen LogP contribution in [0.5, 0.6) is 0 Å². The third-order valence-electron chi connectivity index (χ3n) is 10.3. The molecular formula is C54H40FeP2+2. The van der Waals surface area contributed by atoms with E-state index in [1.165, 1.54) is 79.9 Å². The molecule has 0 atom stereocenters. The summed E-state index contributed by atoms with van der Waals surface area (Å²) in [6, 6.07) is 42.9. The molecule has 6 aliphatic rings. The first-order valence-corrected chi connectivity index (χ1v) is 21.8. The van der Waals surface area contributed by atoms with Gasteiger partial charge in [-0.2, -0.15) is 0 Å². The number of hydrogen-bond donors (Lipinski definition) is 0. The van der Waals surface area contributed by atoms with E-state index >= 15 is 0 Å². The van der Waals surface area contributed by atoms with Gasteiger partial charge in [-0.3, -0.25) is 0 Å². The van der Waals surface area contributed by atoms with E-state index in [2.05, 4.69) is 250 Å². The van der Waals surface area contributed by atoms with Crippen LogP contribution in [0.3, 0.4) is 0 Å². The Bertz CT molecular complexity index is 1490. The normalized spacial score (nSPS) is 22.9. The maximum Gasteiger partial charge on any atom is 2.00 e. The Labute approximate surface area is 360 Å². The summed E-state index contributed by atoms with van der Waals surface area (Å²) in [6.07, 6.45) is 44.8. The molecule has 3 heteroatoms. The van der Waals surface area contributed by atoms with Crippen molar-refractivity contribution in [3.05, 3.63) is 330 Å². The molecule has 30 radical (unpaired) electrons. The van der Waals surface area contributed by atoms with Crippen molar-refractivity contribution in [1.82, 2.24) is 0 Å². The van der Waals surface area contributed by atoms with Crippen molar-refractivity contribution < 1.29 is 17.1 Å². The minimum Gasteiger partial charge on any atom is -0.0816 e. The summed E-state index contributed by atoms with van der Waals surface area (Å²) in [5.41, 5.74) is 13.7. The minimum atomic E-state index is -0.624. The van der Waals surface area contributed by atoms with Crippen LogP contribution in [-0.4, -0.2) is 0 Å². The van der Waals surface area contributed by atoms with Crippen LogP contribution in [0.2, 0.25) is 0 Å². The van der Waals surface area contributed by atoms with Gasteiger partial charge in [0, 0.05) is 57.6 Å². The molecule has 0 saturated heterocycles. The third-order valence-corrected chi connectivity index (χ3v) is 15.4. The first-order chi connectivity index (χ1) is 27.8. The van der Waals surface area contributed by atoms with E-state index in [1.807, 2.05) is 0 Å². The summed E-state index contributed by atoms with van der Waals surface area (Å²) in [5, 5.41) is 0. The summed E-state index contributed by atoms with van der Waals surface area (Å²) in [5.74, 6) is 5.36. The van der Waals surface area contributed by atoms with Gasteiger partial charge in [0.2, 0.25) is 0 Å². The average molecular weight is 807 g/mol. The van der Waals surface area contributed by atoms with Gasteiger partial charge in [0.25, 0.3) is 0 Å². The molecule has 0 aromatic heterocycles. The zero-order valence-corrected chi connectivity index (χ0v) is 34.2. The minimum absolute atomic E-state index is 0. The molecule has 0 heterocycles. The largest absolute Gasteiger partial charge is 2.00 e. The van der Waals surface area contributed by atoms with E-state index in [9.17, 15) is 0 Å². The van der Waals surface area contributed by atoms with Crippen molar-refractivity contribution in [2.45, 2.75) is 0 Å². The molecule has 0 bridgehead atoms. The first-order valence-electron chi connectivity index (χ1n) is 19.1. The smallest absolute Gasteiger partial charge is 0.0816 e. The summed E-state index contributed by atoms with van der Waals surface area (Å²) < 4.78 is 0. The predicted octanol–water partition coefficient (Wildman–Crippen LogP) is 12.8. The molecular weight excluding hydrogens is 766 g/mol. The van der Waals surface area contributed by atoms with Gasteiger partial charge in [0.1, 0.15) is 0 Å². The number of hydrogen-bond acceptors (Lipinski definition) is 0. The monoisotopic (exact) mass is 806 g/mol. The van der Waals surface area contributed by atoms with E-state index < -0.39 is 15.8 Å².